The molecule has 0 spiro atoms. The topological polar surface area (TPSA) is 81.8 Å². The van der Waals surface area contributed by atoms with Crippen molar-refractivity contribution >= 4 is 11.8 Å². The quantitative estimate of drug-likeness (QED) is 0.786. The molecule has 1 aliphatic heterocycles. The molecule has 0 saturated carbocycles. The van der Waals surface area contributed by atoms with Crippen LogP contribution in [0, 0.1) is 6.92 Å². The summed E-state index contributed by atoms with van der Waals surface area (Å²) in [5, 5.41) is 16.2. The van der Waals surface area contributed by atoms with Crippen LogP contribution in [0.3, 0.4) is 0 Å². The minimum absolute atomic E-state index is 0.154. The van der Waals surface area contributed by atoms with Crippen LogP contribution in [-0.2, 0) is 4.79 Å². The maximum absolute atomic E-state index is 12.0. The zero-order valence-corrected chi connectivity index (χ0v) is 12.2. The van der Waals surface area contributed by atoms with E-state index < -0.39 is 0 Å². The van der Waals surface area contributed by atoms with Crippen molar-refractivity contribution in [2.45, 2.75) is 25.5 Å². The van der Waals surface area contributed by atoms with Gasteiger partial charge in [-0.3, -0.25) is 15.0 Å². The lowest BCUT2D eigenvalue weighted by molar-refractivity contribution is -0.117. The van der Waals surface area contributed by atoms with Gasteiger partial charge in [-0.1, -0.05) is 5.16 Å². The Morgan fingerprint density at radius 3 is 3.00 bits per heavy atom. The van der Waals surface area contributed by atoms with Crippen LogP contribution < -0.4 is 5.32 Å². The van der Waals surface area contributed by atoms with E-state index in [0.717, 1.165) is 12.2 Å². The number of likely N-dealkylation sites (N-methyl/N-ethyl adjacent to an activating group) is 1. The summed E-state index contributed by atoms with van der Waals surface area (Å²) in [6, 6.07) is 1.87. The van der Waals surface area contributed by atoms with Crippen molar-refractivity contribution in [3.8, 4) is 0 Å². The van der Waals surface area contributed by atoms with E-state index in [0.29, 0.717) is 18.8 Å². The first-order chi connectivity index (χ1) is 9.44. The highest BCUT2D eigenvalue weighted by atomic mass is 16.5. The summed E-state index contributed by atoms with van der Waals surface area (Å²) in [6.45, 7) is 3.39. The highest BCUT2D eigenvalue weighted by Gasteiger charge is 2.32. The van der Waals surface area contributed by atoms with E-state index in [1.165, 1.54) is 0 Å². The first-order valence-corrected chi connectivity index (χ1v) is 6.74. The molecule has 0 radical (unpaired) electrons. The van der Waals surface area contributed by atoms with Crippen LogP contribution in [0.5, 0.6) is 0 Å². The number of β-amino-alcohol motifs (C(OH)–C–C–N with tert-alkyl or cyclic N) is 1. The van der Waals surface area contributed by atoms with Gasteiger partial charge in [0.2, 0.25) is 11.8 Å². The summed E-state index contributed by atoms with van der Waals surface area (Å²) < 4.78 is 4.95. The number of aliphatic hydroxyl groups excluding tert-OH is 1. The lowest BCUT2D eigenvalue weighted by atomic mass is 10.2. The summed E-state index contributed by atoms with van der Waals surface area (Å²) in [4.78, 5) is 16.0. The second-order valence-corrected chi connectivity index (χ2v) is 5.62. The summed E-state index contributed by atoms with van der Waals surface area (Å²) >= 11 is 0. The van der Waals surface area contributed by atoms with Crippen molar-refractivity contribution < 1.29 is 14.4 Å². The summed E-state index contributed by atoms with van der Waals surface area (Å²) in [5.41, 5.74) is 0.724. The minimum Gasteiger partial charge on any atom is -0.392 e. The van der Waals surface area contributed by atoms with Gasteiger partial charge in [0.25, 0.3) is 0 Å². The van der Waals surface area contributed by atoms with Crippen molar-refractivity contribution in [3.05, 3.63) is 11.8 Å². The molecule has 2 unspecified atom stereocenters. The zero-order valence-electron chi connectivity index (χ0n) is 12.2. The number of aromatic nitrogens is 1. The van der Waals surface area contributed by atoms with Crippen molar-refractivity contribution in [2.24, 2.45) is 0 Å². The third-order valence-corrected chi connectivity index (χ3v) is 3.32. The van der Waals surface area contributed by atoms with E-state index in [2.05, 4.69) is 15.4 Å². The second-order valence-electron chi connectivity index (χ2n) is 5.62. The van der Waals surface area contributed by atoms with Crippen molar-refractivity contribution in [3.63, 3.8) is 0 Å². The molecule has 0 aliphatic carbocycles. The van der Waals surface area contributed by atoms with Crippen LogP contribution in [0.4, 0.5) is 5.88 Å². The molecule has 1 aromatic rings. The van der Waals surface area contributed by atoms with E-state index in [1.54, 1.807) is 13.0 Å². The molecule has 1 amide bonds. The largest absolute Gasteiger partial charge is 0.392 e. The lowest BCUT2D eigenvalue weighted by Crippen LogP contribution is -2.41. The monoisotopic (exact) mass is 282 g/mol. The van der Waals surface area contributed by atoms with Gasteiger partial charge in [0.05, 0.1) is 18.3 Å². The standard InChI is InChI=1S/C13H22N4O3/c1-9-4-13(20-15-9)14-12(19)8-17-7-11(18)5-10(17)6-16(2)3/h4,10-11,18H,5-8H2,1-3H3,(H,14,19). The molecule has 2 heterocycles. The van der Waals surface area contributed by atoms with E-state index in [1.807, 2.05) is 19.0 Å². The minimum atomic E-state index is -0.361. The molecular weight excluding hydrogens is 260 g/mol. The van der Waals surface area contributed by atoms with Crippen LogP contribution in [0.25, 0.3) is 0 Å². The van der Waals surface area contributed by atoms with E-state index in [4.69, 9.17) is 4.52 Å². The van der Waals surface area contributed by atoms with Crippen molar-refractivity contribution in [1.82, 2.24) is 15.0 Å². The zero-order chi connectivity index (χ0) is 14.7. The molecule has 112 valence electrons. The first-order valence-electron chi connectivity index (χ1n) is 6.74. The Hall–Kier alpha value is -1.44. The molecule has 1 aromatic heterocycles. The maximum atomic E-state index is 12.0. The third-order valence-electron chi connectivity index (χ3n) is 3.32. The van der Waals surface area contributed by atoms with E-state index in [9.17, 15) is 9.90 Å². The number of aliphatic hydroxyl groups is 1. The van der Waals surface area contributed by atoms with E-state index in [-0.39, 0.29) is 24.6 Å². The lowest BCUT2D eigenvalue weighted by Gasteiger charge is -2.25. The van der Waals surface area contributed by atoms with Crippen LogP contribution >= 0.6 is 0 Å². The Morgan fingerprint density at radius 2 is 2.40 bits per heavy atom. The number of carbonyl (C=O) groups excluding carboxylic acids is 1. The Balaban J connectivity index is 1.88. The number of hydrogen-bond donors (Lipinski definition) is 2. The van der Waals surface area contributed by atoms with Crippen molar-refractivity contribution in [1.29, 1.82) is 0 Å². The highest BCUT2D eigenvalue weighted by Crippen LogP contribution is 2.18. The molecule has 1 saturated heterocycles. The van der Waals surface area contributed by atoms with Crippen molar-refractivity contribution in [2.75, 3.05) is 39.0 Å². The number of hydrogen-bond acceptors (Lipinski definition) is 6. The molecule has 7 heteroatoms. The first kappa shape index (κ1) is 15.0. The third kappa shape index (κ3) is 4.03. The van der Waals surface area contributed by atoms with Crippen LogP contribution in [0.1, 0.15) is 12.1 Å². The van der Waals surface area contributed by atoms with Crippen LogP contribution in [0.15, 0.2) is 10.6 Å². The molecule has 0 bridgehead atoms. The summed E-state index contributed by atoms with van der Waals surface area (Å²) in [7, 11) is 3.97. The SMILES string of the molecule is Cc1cc(NC(=O)CN2CC(O)CC2CN(C)C)on1. The van der Waals surface area contributed by atoms with Gasteiger partial charge in [-0.2, -0.15) is 0 Å². The predicted octanol–water partition coefficient (Wildman–Crippen LogP) is -0.0817. The fourth-order valence-corrected chi connectivity index (χ4v) is 2.55. The number of anilines is 1. The average molecular weight is 282 g/mol. The summed E-state index contributed by atoms with van der Waals surface area (Å²) in [5.74, 6) is 0.204. The molecular formula is C13H22N4O3. The fraction of sp³-hybridized carbons (Fsp3) is 0.692. The van der Waals surface area contributed by atoms with Gasteiger partial charge in [-0.15, -0.1) is 0 Å². The van der Waals surface area contributed by atoms with Gasteiger partial charge in [-0.25, -0.2) is 0 Å². The Bertz CT molecular complexity index is 460. The number of carbonyl (C=O) groups is 1. The van der Waals surface area contributed by atoms with Gasteiger partial charge in [0.1, 0.15) is 0 Å². The number of aryl methyl sites for hydroxylation is 1. The molecule has 2 atom stereocenters. The molecule has 0 aromatic carbocycles. The molecule has 2 N–H and O–H groups in total. The van der Waals surface area contributed by atoms with Gasteiger partial charge in [0, 0.05) is 25.2 Å². The molecule has 20 heavy (non-hydrogen) atoms. The second kappa shape index (κ2) is 6.34. The molecule has 1 aliphatic rings. The van der Waals surface area contributed by atoms with Gasteiger partial charge in [0.15, 0.2) is 0 Å². The predicted molar refractivity (Wildman–Crippen MR) is 74.4 cm³/mol. The Kier molecular flexibility index (Phi) is 4.74. The van der Waals surface area contributed by atoms with Gasteiger partial charge in [-0.05, 0) is 27.4 Å². The number of nitrogens with zero attached hydrogens (tertiary/aromatic N) is 3. The van der Waals surface area contributed by atoms with Gasteiger partial charge >= 0.3 is 0 Å². The normalized spacial score (nSPS) is 23.4. The number of amides is 1. The molecule has 2 rings (SSSR count). The fourth-order valence-electron chi connectivity index (χ4n) is 2.55. The highest BCUT2D eigenvalue weighted by molar-refractivity contribution is 5.91. The number of likely N-dealkylation sites (tertiary alicyclic amines) is 1. The Morgan fingerprint density at radius 1 is 1.65 bits per heavy atom. The number of nitrogens with one attached hydrogen (secondary N) is 1. The maximum Gasteiger partial charge on any atom is 0.240 e. The summed E-state index contributed by atoms with van der Waals surface area (Å²) in [6.07, 6.45) is 0.340. The average Bonchev–Trinajstić information content (AvgIpc) is 2.85. The Labute approximate surface area is 118 Å². The smallest absolute Gasteiger partial charge is 0.240 e. The van der Waals surface area contributed by atoms with Crippen LogP contribution in [0.2, 0.25) is 0 Å². The van der Waals surface area contributed by atoms with E-state index >= 15 is 0 Å². The van der Waals surface area contributed by atoms with Gasteiger partial charge < -0.3 is 14.5 Å². The van der Waals surface area contributed by atoms with Crippen LogP contribution in [-0.4, -0.2) is 71.8 Å². The molecule has 7 nitrogen and oxygen atoms in total. The number of rotatable bonds is 5. The molecule has 1 fully saturated rings.